The van der Waals surface area contributed by atoms with Crippen molar-refractivity contribution in [1.29, 1.82) is 0 Å². The van der Waals surface area contributed by atoms with Gasteiger partial charge < -0.3 is 15.5 Å². The lowest BCUT2D eigenvalue weighted by Crippen LogP contribution is -2.52. The van der Waals surface area contributed by atoms with Crippen LogP contribution in [0.25, 0.3) is 0 Å². The first-order valence-electron chi connectivity index (χ1n) is 9.74. The van der Waals surface area contributed by atoms with Gasteiger partial charge in [0.05, 0.1) is 0 Å². The average Bonchev–Trinajstić information content (AvgIpc) is 3.29. The maximum absolute atomic E-state index is 12.9. The van der Waals surface area contributed by atoms with Gasteiger partial charge in [-0.25, -0.2) is 0 Å². The molecule has 7 nitrogen and oxygen atoms in total. The van der Waals surface area contributed by atoms with Gasteiger partial charge in [-0.3, -0.25) is 19.7 Å². The molecule has 144 valence electrons. The van der Waals surface area contributed by atoms with Crippen LogP contribution in [-0.4, -0.2) is 47.8 Å². The van der Waals surface area contributed by atoms with E-state index in [1.807, 2.05) is 18.2 Å². The number of nitrogens with one attached hydrogen (secondary N) is 3. The van der Waals surface area contributed by atoms with Crippen LogP contribution in [0.3, 0.4) is 0 Å². The highest BCUT2D eigenvalue weighted by molar-refractivity contribution is 6.05. The molecule has 1 aromatic carbocycles. The number of piperidine rings is 1. The van der Waals surface area contributed by atoms with Gasteiger partial charge in [-0.1, -0.05) is 12.1 Å². The van der Waals surface area contributed by atoms with Crippen LogP contribution in [0.4, 0.5) is 0 Å². The van der Waals surface area contributed by atoms with Crippen LogP contribution in [-0.2, 0) is 22.7 Å². The van der Waals surface area contributed by atoms with E-state index < -0.39 is 6.04 Å². The zero-order valence-electron chi connectivity index (χ0n) is 15.6. The van der Waals surface area contributed by atoms with Gasteiger partial charge in [0.25, 0.3) is 5.91 Å². The minimum absolute atomic E-state index is 0.116. The monoisotopic (exact) mass is 370 g/mol. The van der Waals surface area contributed by atoms with Crippen molar-refractivity contribution in [1.82, 2.24) is 20.9 Å². The van der Waals surface area contributed by atoms with Crippen LogP contribution in [0.5, 0.6) is 0 Å². The topological polar surface area (TPSA) is 90.5 Å². The highest BCUT2D eigenvalue weighted by Gasteiger charge is 2.39. The van der Waals surface area contributed by atoms with E-state index in [9.17, 15) is 14.4 Å². The van der Waals surface area contributed by atoms with E-state index in [0.29, 0.717) is 37.0 Å². The summed E-state index contributed by atoms with van der Waals surface area (Å²) in [5.74, 6) is -0.118. The Balaban J connectivity index is 1.47. The Hall–Kier alpha value is -2.25. The van der Waals surface area contributed by atoms with E-state index in [4.69, 9.17) is 0 Å². The number of imide groups is 1. The van der Waals surface area contributed by atoms with Crippen molar-refractivity contribution >= 4 is 17.7 Å². The molecular weight excluding hydrogens is 344 g/mol. The molecule has 0 aromatic heterocycles. The number of hydrogen-bond acceptors (Lipinski definition) is 5. The molecule has 3 heterocycles. The van der Waals surface area contributed by atoms with Crippen molar-refractivity contribution in [3.63, 3.8) is 0 Å². The molecule has 1 aromatic rings. The fraction of sp³-hybridized carbons (Fsp3) is 0.550. The van der Waals surface area contributed by atoms with Gasteiger partial charge in [0.15, 0.2) is 0 Å². The van der Waals surface area contributed by atoms with Crippen molar-refractivity contribution in [2.24, 2.45) is 5.92 Å². The fourth-order valence-electron chi connectivity index (χ4n) is 4.36. The highest BCUT2D eigenvalue weighted by atomic mass is 16.2. The van der Waals surface area contributed by atoms with Crippen LogP contribution in [0.1, 0.15) is 47.7 Å². The SMILES string of the molecule is CC(NCc1cccc2c1CN(C1CCC(=O)NC1=O)C2=O)C1CCNC1. The Morgan fingerprint density at radius 2 is 2.11 bits per heavy atom. The third-order valence-electron chi connectivity index (χ3n) is 6.10. The number of rotatable bonds is 5. The first kappa shape index (κ1) is 18.1. The van der Waals surface area contributed by atoms with Gasteiger partial charge >= 0.3 is 0 Å². The summed E-state index contributed by atoms with van der Waals surface area (Å²) in [4.78, 5) is 38.1. The van der Waals surface area contributed by atoms with Crippen LogP contribution >= 0.6 is 0 Å². The molecule has 0 aliphatic carbocycles. The Morgan fingerprint density at radius 3 is 2.85 bits per heavy atom. The van der Waals surface area contributed by atoms with E-state index in [-0.39, 0.29) is 24.1 Å². The quantitative estimate of drug-likeness (QED) is 0.658. The summed E-state index contributed by atoms with van der Waals surface area (Å²) in [6.07, 6.45) is 1.85. The number of nitrogens with zero attached hydrogens (tertiary/aromatic N) is 1. The summed E-state index contributed by atoms with van der Waals surface area (Å²) < 4.78 is 0. The van der Waals surface area contributed by atoms with Crippen molar-refractivity contribution in [2.75, 3.05) is 13.1 Å². The number of fused-ring (bicyclic) bond motifs is 1. The second-order valence-electron chi connectivity index (χ2n) is 7.77. The van der Waals surface area contributed by atoms with Crippen LogP contribution < -0.4 is 16.0 Å². The summed E-state index contributed by atoms with van der Waals surface area (Å²) >= 11 is 0. The lowest BCUT2D eigenvalue weighted by molar-refractivity contribution is -0.136. The molecule has 3 atom stereocenters. The number of benzene rings is 1. The smallest absolute Gasteiger partial charge is 0.255 e. The zero-order chi connectivity index (χ0) is 19.0. The first-order valence-corrected chi connectivity index (χ1v) is 9.74. The predicted octanol–water partition coefficient (Wildman–Crippen LogP) is 0.535. The second-order valence-corrected chi connectivity index (χ2v) is 7.77. The Kier molecular flexibility index (Phi) is 4.97. The molecule has 4 rings (SSSR count). The normalized spacial score (nSPS) is 26.3. The van der Waals surface area contributed by atoms with Gasteiger partial charge in [-0.05, 0) is 56.0 Å². The number of carbonyl (C=O) groups is 3. The Bertz CT molecular complexity index is 772. The third-order valence-corrected chi connectivity index (χ3v) is 6.10. The lowest BCUT2D eigenvalue weighted by atomic mass is 9.99. The van der Waals surface area contributed by atoms with Crippen LogP contribution in [0, 0.1) is 5.92 Å². The van der Waals surface area contributed by atoms with Gasteiger partial charge in [-0.15, -0.1) is 0 Å². The molecule has 7 heteroatoms. The fourth-order valence-corrected chi connectivity index (χ4v) is 4.36. The molecule has 3 amide bonds. The maximum atomic E-state index is 12.9. The largest absolute Gasteiger partial charge is 0.322 e. The number of carbonyl (C=O) groups excluding carboxylic acids is 3. The molecule has 3 aliphatic heterocycles. The molecule has 3 unspecified atom stereocenters. The van der Waals surface area contributed by atoms with Gasteiger partial charge in [0.1, 0.15) is 6.04 Å². The molecule has 0 radical (unpaired) electrons. The Morgan fingerprint density at radius 1 is 1.26 bits per heavy atom. The van der Waals surface area contributed by atoms with Crippen molar-refractivity contribution in [3.05, 3.63) is 34.9 Å². The molecule has 0 bridgehead atoms. The van der Waals surface area contributed by atoms with E-state index in [0.717, 1.165) is 24.2 Å². The molecular formula is C20H26N4O3. The predicted molar refractivity (Wildman–Crippen MR) is 99.8 cm³/mol. The summed E-state index contributed by atoms with van der Waals surface area (Å²) in [7, 11) is 0. The van der Waals surface area contributed by atoms with Crippen molar-refractivity contribution in [2.45, 2.75) is 51.4 Å². The molecule has 0 saturated carbocycles. The first-order chi connectivity index (χ1) is 13.0. The van der Waals surface area contributed by atoms with Crippen LogP contribution in [0.15, 0.2) is 18.2 Å². The molecule has 27 heavy (non-hydrogen) atoms. The van der Waals surface area contributed by atoms with E-state index in [2.05, 4.69) is 22.9 Å². The molecule has 2 saturated heterocycles. The lowest BCUT2D eigenvalue weighted by Gasteiger charge is -2.29. The average molecular weight is 370 g/mol. The standard InChI is InChI=1S/C20H26N4O3/c1-12(13-7-8-21-9-13)22-10-14-3-2-4-15-16(14)11-24(20(15)27)17-5-6-18(25)23-19(17)26/h2-4,12-13,17,21-22H,5-11H2,1H3,(H,23,25,26). The maximum Gasteiger partial charge on any atom is 0.255 e. The van der Waals surface area contributed by atoms with Crippen molar-refractivity contribution in [3.8, 4) is 0 Å². The number of hydrogen-bond donors (Lipinski definition) is 3. The molecule has 2 fully saturated rings. The van der Waals surface area contributed by atoms with E-state index in [1.54, 1.807) is 4.90 Å². The van der Waals surface area contributed by atoms with Gasteiger partial charge in [0, 0.05) is 31.1 Å². The molecule has 3 aliphatic rings. The summed E-state index contributed by atoms with van der Waals surface area (Å²) in [5.41, 5.74) is 2.78. The second kappa shape index (κ2) is 7.40. The van der Waals surface area contributed by atoms with Crippen LogP contribution in [0.2, 0.25) is 0 Å². The number of amides is 3. The summed E-state index contributed by atoms with van der Waals surface area (Å²) in [5, 5.41) is 9.35. The summed E-state index contributed by atoms with van der Waals surface area (Å²) in [6.45, 7) is 5.46. The summed E-state index contributed by atoms with van der Waals surface area (Å²) in [6, 6.07) is 5.62. The van der Waals surface area contributed by atoms with Gasteiger partial charge in [-0.2, -0.15) is 0 Å². The molecule has 3 N–H and O–H groups in total. The van der Waals surface area contributed by atoms with E-state index in [1.165, 1.54) is 6.42 Å². The third kappa shape index (κ3) is 3.49. The minimum atomic E-state index is -0.563. The zero-order valence-corrected chi connectivity index (χ0v) is 15.6. The highest BCUT2D eigenvalue weighted by Crippen LogP contribution is 2.30. The molecule has 0 spiro atoms. The van der Waals surface area contributed by atoms with Gasteiger partial charge in [0.2, 0.25) is 11.8 Å². The minimum Gasteiger partial charge on any atom is -0.322 e. The Labute approximate surface area is 158 Å². The van der Waals surface area contributed by atoms with Crippen molar-refractivity contribution < 1.29 is 14.4 Å². The van der Waals surface area contributed by atoms with E-state index >= 15 is 0 Å².